The van der Waals surface area contributed by atoms with Crippen LogP contribution >= 0.6 is 22.9 Å². The maximum atomic E-state index is 5.83. The number of nitrogens with zero attached hydrogens (tertiary/aromatic N) is 1. The Labute approximate surface area is 96.9 Å². The molecule has 0 atom stereocenters. The van der Waals surface area contributed by atoms with Gasteiger partial charge in [-0.3, -0.25) is 4.98 Å². The second-order valence-corrected chi connectivity index (χ2v) is 4.87. The van der Waals surface area contributed by atoms with Gasteiger partial charge in [0.05, 0.1) is 21.9 Å². The first-order valence-corrected chi connectivity index (χ1v) is 5.62. The van der Waals surface area contributed by atoms with E-state index in [1.165, 1.54) is 4.88 Å². The molecule has 0 radical (unpaired) electrons. The van der Waals surface area contributed by atoms with Gasteiger partial charge in [-0.15, -0.1) is 11.3 Å². The maximum absolute atomic E-state index is 5.83. The van der Waals surface area contributed by atoms with Crippen molar-refractivity contribution in [2.75, 3.05) is 11.1 Å². The van der Waals surface area contributed by atoms with Crippen LogP contribution in [0.5, 0.6) is 0 Å². The minimum Gasteiger partial charge on any atom is -0.397 e. The minimum atomic E-state index is 0.657. The van der Waals surface area contributed by atoms with Crippen LogP contribution in [0.15, 0.2) is 30.6 Å². The molecule has 0 aliphatic rings. The van der Waals surface area contributed by atoms with Crippen LogP contribution < -0.4 is 11.1 Å². The molecular formula is C10H10ClN3S. The Bertz CT molecular complexity index is 455. The lowest BCUT2D eigenvalue weighted by Crippen LogP contribution is -1.98. The average Bonchev–Trinajstić information content (AvgIpc) is 2.62. The number of thiophene rings is 1. The van der Waals surface area contributed by atoms with Gasteiger partial charge in [0, 0.05) is 17.6 Å². The van der Waals surface area contributed by atoms with E-state index in [-0.39, 0.29) is 0 Å². The molecule has 0 saturated heterocycles. The number of hydrogen-bond donors (Lipinski definition) is 2. The molecule has 0 saturated carbocycles. The van der Waals surface area contributed by atoms with E-state index >= 15 is 0 Å². The Morgan fingerprint density at radius 2 is 2.27 bits per heavy atom. The number of halogens is 1. The van der Waals surface area contributed by atoms with E-state index in [9.17, 15) is 0 Å². The summed E-state index contributed by atoms with van der Waals surface area (Å²) in [4.78, 5) is 5.17. The zero-order valence-electron chi connectivity index (χ0n) is 7.90. The summed E-state index contributed by atoms with van der Waals surface area (Å²) in [6.07, 6.45) is 3.36. The molecule has 2 rings (SSSR count). The SMILES string of the molecule is Nc1cncc(NCc2ccc(Cl)s2)c1. The lowest BCUT2D eigenvalue weighted by molar-refractivity contribution is 1.17. The number of hydrogen-bond acceptors (Lipinski definition) is 4. The molecular weight excluding hydrogens is 230 g/mol. The molecule has 78 valence electrons. The highest BCUT2D eigenvalue weighted by Gasteiger charge is 1.98. The number of nitrogens with one attached hydrogen (secondary N) is 1. The molecule has 0 bridgehead atoms. The summed E-state index contributed by atoms with van der Waals surface area (Å²) in [6, 6.07) is 5.74. The summed E-state index contributed by atoms with van der Waals surface area (Å²) in [5.41, 5.74) is 7.18. The normalized spacial score (nSPS) is 10.2. The molecule has 2 aromatic heterocycles. The Hall–Kier alpha value is -1.26. The molecule has 2 heterocycles. The molecule has 3 N–H and O–H groups in total. The third kappa shape index (κ3) is 2.84. The molecule has 0 unspecified atom stereocenters. The van der Waals surface area contributed by atoms with Gasteiger partial charge in [0.2, 0.25) is 0 Å². The largest absolute Gasteiger partial charge is 0.397 e. The summed E-state index contributed by atoms with van der Waals surface area (Å²) < 4.78 is 0.803. The molecule has 0 amide bonds. The van der Waals surface area contributed by atoms with E-state index in [0.717, 1.165) is 16.6 Å². The highest BCUT2D eigenvalue weighted by Crippen LogP contribution is 2.22. The Morgan fingerprint density at radius 3 is 2.93 bits per heavy atom. The topological polar surface area (TPSA) is 50.9 Å². The van der Waals surface area contributed by atoms with Crippen LogP contribution in [-0.2, 0) is 6.54 Å². The van der Waals surface area contributed by atoms with E-state index < -0.39 is 0 Å². The predicted octanol–water partition coefficient (Wildman–Crippen LogP) is 2.99. The van der Waals surface area contributed by atoms with E-state index in [2.05, 4.69) is 10.3 Å². The molecule has 3 nitrogen and oxygen atoms in total. The summed E-state index contributed by atoms with van der Waals surface area (Å²) in [6.45, 7) is 0.739. The lowest BCUT2D eigenvalue weighted by atomic mass is 10.3. The fourth-order valence-corrected chi connectivity index (χ4v) is 2.22. The molecule has 0 aliphatic heterocycles. The van der Waals surface area contributed by atoms with Crippen LogP contribution in [0.2, 0.25) is 4.34 Å². The Kier molecular flexibility index (Phi) is 3.08. The summed E-state index contributed by atoms with van der Waals surface area (Å²) in [5.74, 6) is 0. The van der Waals surface area contributed by atoms with Gasteiger partial charge in [-0.05, 0) is 18.2 Å². The first-order valence-electron chi connectivity index (χ1n) is 4.42. The quantitative estimate of drug-likeness (QED) is 0.866. The van der Waals surface area contributed by atoms with E-state index in [1.54, 1.807) is 23.7 Å². The lowest BCUT2D eigenvalue weighted by Gasteiger charge is -2.04. The van der Waals surface area contributed by atoms with Crippen molar-refractivity contribution in [3.63, 3.8) is 0 Å². The van der Waals surface area contributed by atoms with Gasteiger partial charge in [-0.1, -0.05) is 11.6 Å². The number of anilines is 2. The highest BCUT2D eigenvalue weighted by molar-refractivity contribution is 7.16. The number of nitrogen functional groups attached to an aromatic ring is 1. The van der Waals surface area contributed by atoms with Crippen molar-refractivity contribution in [3.8, 4) is 0 Å². The number of rotatable bonds is 3. The maximum Gasteiger partial charge on any atom is 0.0931 e. The van der Waals surface area contributed by atoms with E-state index in [4.69, 9.17) is 17.3 Å². The predicted molar refractivity (Wildman–Crippen MR) is 65.3 cm³/mol. The van der Waals surface area contributed by atoms with Crippen molar-refractivity contribution in [1.82, 2.24) is 4.98 Å². The molecule has 5 heteroatoms. The fraction of sp³-hybridized carbons (Fsp3) is 0.100. The zero-order chi connectivity index (χ0) is 10.7. The second-order valence-electron chi connectivity index (χ2n) is 3.07. The molecule has 2 aromatic rings. The number of aromatic nitrogens is 1. The van der Waals surface area contributed by atoms with Crippen LogP contribution in [0.3, 0.4) is 0 Å². The third-order valence-electron chi connectivity index (χ3n) is 1.85. The fourth-order valence-electron chi connectivity index (χ4n) is 1.19. The van der Waals surface area contributed by atoms with Crippen molar-refractivity contribution in [3.05, 3.63) is 39.8 Å². The van der Waals surface area contributed by atoms with Crippen molar-refractivity contribution < 1.29 is 0 Å². The van der Waals surface area contributed by atoms with Crippen LogP contribution in [-0.4, -0.2) is 4.98 Å². The smallest absolute Gasteiger partial charge is 0.0931 e. The van der Waals surface area contributed by atoms with Crippen LogP contribution in [0, 0.1) is 0 Å². The van der Waals surface area contributed by atoms with Crippen molar-refractivity contribution >= 4 is 34.3 Å². The van der Waals surface area contributed by atoms with Crippen molar-refractivity contribution in [2.45, 2.75) is 6.54 Å². The highest BCUT2D eigenvalue weighted by atomic mass is 35.5. The van der Waals surface area contributed by atoms with Crippen LogP contribution in [0.25, 0.3) is 0 Å². The number of pyridine rings is 1. The minimum absolute atomic E-state index is 0.657. The molecule has 15 heavy (non-hydrogen) atoms. The summed E-state index contributed by atoms with van der Waals surface area (Å²) >= 11 is 7.39. The second kappa shape index (κ2) is 4.51. The standard InChI is InChI=1S/C10H10ClN3S/c11-10-2-1-9(15-10)6-14-8-3-7(12)4-13-5-8/h1-5,14H,6,12H2. The van der Waals surface area contributed by atoms with Gasteiger partial charge in [0.1, 0.15) is 0 Å². The third-order valence-corrected chi connectivity index (χ3v) is 3.09. The molecule has 0 aromatic carbocycles. The monoisotopic (exact) mass is 239 g/mol. The van der Waals surface area contributed by atoms with Gasteiger partial charge in [0.15, 0.2) is 0 Å². The molecule has 0 spiro atoms. The summed E-state index contributed by atoms with van der Waals surface area (Å²) in [5, 5.41) is 3.22. The number of nitrogens with two attached hydrogens (primary N) is 1. The van der Waals surface area contributed by atoms with E-state index in [0.29, 0.717) is 5.69 Å². The van der Waals surface area contributed by atoms with E-state index in [1.807, 2.05) is 18.2 Å². The van der Waals surface area contributed by atoms with Gasteiger partial charge >= 0.3 is 0 Å². The Balaban J connectivity index is 1.99. The van der Waals surface area contributed by atoms with Gasteiger partial charge < -0.3 is 11.1 Å². The van der Waals surface area contributed by atoms with Crippen LogP contribution in [0.1, 0.15) is 4.88 Å². The van der Waals surface area contributed by atoms with Crippen molar-refractivity contribution in [2.24, 2.45) is 0 Å². The van der Waals surface area contributed by atoms with Crippen LogP contribution in [0.4, 0.5) is 11.4 Å². The zero-order valence-corrected chi connectivity index (χ0v) is 9.48. The molecule has 0 aliphatic carbocycles. The summed E-state index contributed by atoms with van der Waals surface area (Å²) in [7, 11) is 0. The Morgan fingerprint density at radius 1 is 1.40 bits per heavy atom. The van der Waals surface area contributed by atoms with Crippen molar-refractivity contribution in [1.29, 1.82) is 0 Å². The first kappa shape index (κ1) is 10.3. The average molecular weight is 240 g/mol. The van der Waals surface area contributed by atoms with Gasteiger partial charge in [0.25, 0.3) is 0 Å². The van der Waals surface area contributed by atoms with Gasteiger partial charge in [-0.25, -0.2) is 0 Å². The molecule has 0 fully saturated rings. The first-order chi connectivity index (χ1) is 7.24. The van der Waals surface area contributed by atoms with Gasteiger partial charge in [-0.2, -0.15) is 0 Å².